The molecule has 3 heteroatoms. The van der Waals surface area contributed by atoms with E-state index in [1.165, 1.54) is 11.1 Å². The monoisotopic (exact) mass is 488 g/mol. The zero-order valence-corrected chi connectivity index (χ0v) is 20.2. The van der Waals surface area contributed by atoms with E-state index in [4.69, 9.17) is 10.2 Å². The van der Waals surface area contributed by atoms with Gasteiger partial charge in [-0.25, -0.2) is 24.3 Å². The minimum absolute atomic E-state index is 0. The van der Waals surface area contributed by atoms with Crippen molar-refractivity contribution in [2.24, 2.45) is 0 Å². The topological polar surface area (TPSA) is 40.5 Å². The zero-order chi connectivity index (χ0) is 21.9. The minimum atomic E-state index is 0. The standard InChI is InChI=1S/2C9H10O.2C5H5.Zr/c2*1-2-3-8-4-6-9(10)7-5-8;2*1-2-4-5-3-1;/h2*2,4-7,10H,1,3H2;2*1-5H;/q;;2*-1;+2. The number of hydrogen-bond donors (Lipinski definition) is 2. The van der Waals surface area contributed by atoms with E-state index in [0.717, 1.165) is 12.8 Å². The molecule has 0 atom stereocenters. The van der Waals surface area contributed by atoms with E-state index < -0.39 is 0 Å². The second-order valence-electron chi connectivity index (χ2n) is 6.24. The molecular formula is C28H30O2Zr. The maximum Gasteiger partial charge on any atom is 2.00 e. The molecule has 0 fully saturated rings. The smallest absolute Gasteiger partial charge is 0.508 e. The molecule has 0 unspecified atom stereocenters. The second kappa shape index (κ2) is 19.1. The van der Waals surface area contributed by atoms with E-state index in [-0.39, 0.29) is 26.2 Å². The van der Waals surface area contributed by atoms with Gasteiger partial charge in [0, 0.05) is 0 Å². The second-order valence-corrected chi connectivity index (χ2v) is 6.24. The molecule has 0 aromatic heterocycles. The molecule has 0 bridgehead atoms. The predicted octanol–water partition coefficient (Wildman–Crippen LogP) is 7.05. The van der Waals surface area contributed by atoms with Crippen molar-refractivity contribution in [1.82, 2.24) is 0 Å². The summed E-state index contributed by atoms with van der Waals surface area (Å²) in [5, 5.41) is 17.8. The van der Waals surface area contributed by atoms with Gasteiger partial charge in [-0.15, -0.1) is 13.2 Å². The third kappa shape index (κ3) is 15.6. The van der Waals surface area contributed by atoms with Crippen molar-refractivity contribution in [1.29, 1.82) is 0 Å². The summed E-state index contributed by atoms with van der Waals surface area (Å²) in [6, 6.07) is 34.3. The number of aromatic hydroxyl groups is 2. The Morgan fingerprint density at radius 3 is 1.06 bits per heavy atom. The van der Waals surface area contributed by atoms with Crippen LogP contribution in [0.5, 0.6) is 11.5 Å². The van der Waals surface area contributed by atoms with Gasteiger partial charge in [-0.1, -0.05) is 36.4 Å². The van der Waals surface area contributed by atoms with Crippen LogP contribution < -0.4 is 0 Å². The Morgan fingerprint density at radius 1 is 0.581 bits per heavy atom. The summed E-state index contributed by atoms with van der Waals surface area (Å²) >= 11 is 0. The predicted molar refractivity (Wildman–Crippen MR) is 128 cm³/mol. The summed E-state index contributed by atoms with van der Waals surface area (Å²) < 4.78 is 0. The van der Waals surface area contributed by atoms with Gasteiger partial charge in [0.05, 0.1) is 0 Å². The number of hydrogen-bond acceptors (Lipinski definition) is 2. The van der Waals surface area contributed by atoms with Crippen molar-refractivity contribution in [2.45, 2.75) is 12.8 Å². The third-order valence-corrected chi connectivity index (χ3v) is 3.74. The Balaban J connectivity index is 0.000000401. The molecule has 4 aromatic rings. The van der Waals surface area contributed by atoms with Crippen LogP contribution in [0.25, 0.3) is 0 Å². The van der Waals surface area contributed by atoms with Crippen LogP contribution in [0.2, 0.25) is 0 Å². The molecule has 4 rings (SSSR count). The van der Waals surface area contributed by atoms with Crippen LogP contribution in [0.1, 0.15) is 11.1 Å². The van der Waals surface area contributed by atoms with E-state index in [0.29, 0.717) is 11.5 Å². The number of phenolic OH excluding ortho intramolecular Hbond substituents is 2. The molecule has 0 aliphatic carbocycles. The molecule has 2 nitrogen and oxygen atoms in total. The van der Waals surface area contributed by atoms with E-state index in [2.05, 4.69) is 13.2 Å². The Kier molecular flexibility index (Phi) is 17.3. The first-order valence-electron chi connectivity index (χ1n) is 9.76. The molecule has 2 N–H and O–H groups in total. The molecule has 0 aliphatic rings. The van der Waals surface area contributed by atoms with Crippen LogP contribution >= 0.6 is 0 Å². The molecule has 158 valence electrons. The normalized spacial score (nSPS) is 8.52. The first kappa shape index (κ1) is 28.1. The molecule has 0 spiro atoms. The zero-order valence-electron chi connectivity index (χ0n) is 17.8. The fourth-order valence-corrected chi connectivity index (χ4v) is 2.24. The van der Waals surface area contributed by atoms with Crippen LogP contribution in [-0.4, -0.2) is 10.2 Å². The van der Waals surface area contributed by atoms with Gasteiger partial charge < -0.3 is 10.2 Å². The van der Waals surface area contributed by atoms with Crippen LogP contribution in [0.3, 0.4) is 0 Å². The maximum absolute atomic E-state index is 8.90. The first-order valence-corrected chi connectivity index (χ1v) is 9.76. The summed E-state index contributed by atoms with van der Waals surface area (Å²) in [6.07, 6.45) is 5.40. The quantitative estimate of drug-likeness (QED) is 0.238. The number of rotatable bonds is 4. The maximum atomic E-state index is 8.90. The van der Waals surface area contributed by atoms with Crippen LogP contribution in [0.4, 0.5) is 0 Å². The molecule has 0 heterocycles. The van der Waals surface area contributed by atoms with E-state index >= 15 is 0 Å². The van der Waals surface area contributed by atoms with Gasteiger partial charge in [0.15, 0.2) is 0 Å². The number of allylic oxidation sites excluding steroid dienone is 2. The van der Waals surface area contributed by atoms with Crippen molar-refractivity contribution in [3.05, 3.63) is 146 Å². The molecule has 0 aliphatic heterocycles. The Labute approximate surface area is 205 Å². The van der Waals surface area contributed by atoms with Gasteiger partial charge in [-0.05, 0) is 48.2 Å². The van der Waals surface area contributed by atoms with Crippen LogP contribution in [-0.2, 0) is 39.0 Å². The Morgan fingerprint density at radius 2 is 0.871 bits per heavy atom. The molecule has 31 heavy (non-hydrogen) atoms. The van der Waals surface area contributed by atoms with Gasteiger partial charge in [0.2, 0.25) is 0 Å². The van der Waals surface area contributed by atoms with Gasteiger partial charge in [-0.2, -0.15) is 36.4 Å². The van der Waals surface area contributed by atoms with Crippen molar-refractivity contribution in [3.63, 3.8) is 0 Å². The third-order valence-electron chi connectivity index (χ3n) is 3.74. The number of phenols is 2. The van der Waals surface area contributed by atoms with Crippen molar-refractivity contribution in [3.8, 4) is 11.5 Å². The van der Waals surface area contributed by atoms with Crippen molar-refractivity contribution >= 4 is 0 Å². The van der Waals surface area contributed by atoms with Gasteiger partial charge in [-0.3, -0.25) is 0 Å². The summed E-state index contributed by atoms with van der Waals surface area (Å²) in [5.74, 6) is 0.626. The van der Waals surface area contributed by atoms with Crippen LogP contribution in [0, 0.1) is 0 Å². The molecule has 0 amide bonds. The largest absolute Gasteiger partial charge is 2.00 e. The van der Waals surface area contributed by atoms with Crippen LogP contribution in [0.15, 0.2) is 135 Å². The Bertz CT molecular complexity index is 763. The van der Waals surface area contributed by atoms with Crippen molar-refractivity contribution < 1.29 is 36.4 Å². The summed E-state index contributed by atoms with van der Waals surface area (Å²) in [7, 11) is 0. The van der Waals surface area contributed by atoms with Gasteiger partial charge >= 0.3 is 26.2 Å². The first-order chi connectivity index (χ1) is 14.7. The van der Waals surface area contributed by atoms with E-state index in [1.54, 1.807) is 24.3 Å². The van der Waals surface area contributed by atoms with Gasteiger partial charge in [0.25, 0.3) is 0 Å². The minimum Gasteiger partial charge on any atom is -0.508 e. The van der Waals surface area contributed by atoms with Gasteiger partial charge in [0.1, 0.15) is 11.5 Å². The summed E-state index contributed by atoms with van der Waals surface area (Å²) in [5.41, 5.74) is 2.35. The average Bonchev–Trinajstić information content (AvgIpc) is 3.52. The SMILES string of the molecule is C=CCc1ccc(O)cc1.C=CCc1ccc(O)cc1.[Zr+2].c1cc[cH-]c1.c1cc[cH-]c1. The molecule has 4 aromatic carbocycles. The van der Waals surface area contributed by atoms with E-state index in [9.17, 15) is 0 Å². The summed E-state index contributed by atoms with van der Waals surface area (Å²) in [6.45, 7) is 7.23. The van der Waals surface area contributed by atoms with Crippen molar-refractivity contribution in [2.75, 3.05) is 0 Å². The summed E-state index contributed by atoms with van der Waals surface area (Å²) in [4.78, 5) is 0. The van der Waals surface area contributed by atoms with E-state index in [1.807, 2.05) is 97.1 Å². The number of benzene rings is 2. The fraction of sp³-hybridized carbons (Fsp3) is 0.0714. The molecule has 0 radical (unpaired) electrons. The average molecular weight is 490 g/mol. The Hall–Kier alpha value is -2.90. The molecular weight excluding hydrogens is 460 g/mol. The molecule has 0 saturated heterocycles. The molecule has 0 saturated carbocycles. The fourth-order valence-electron chi connectivity index (χ4n) is 2.24.